The van der Waals surface area contributed by atoms with Crippen molar-refractivity contribution in [3.63, 3.8) is 0 Å². The summed E-state index contributed by atoms with van der Waals surface area (Å²) >= 11 is 1.16. The SMILES string of the molecule is Cc1c(C#N)sc(N)c1C#N.Cc1cc(N(CCOCCO)CCOCCOCCO)ccc1N. The Labute approximate surface area is 210 Å². The number of thiophene rings is 1. The van der Waals surface area contributed by atoms with E-state index in [1.165, 1.54) is 0 Å². The normalized spacial score (nSPS) is 10.2. The van der Waals surface area contributed by atoms with Crippen LogP contribution in [0.4, 0.5) is 16.4 Å². The number of hydrogen-bond donors (Lipinski definition) is 4. The number of nitrogens with zero attached hydrogens (tertiary/aromatic N) is 3. The second-order valence-corrected chi connectivity index (χ2v) is 8.38. The van der Waals surface area contributed by atoms with E-state index in [1.807, 2.05) is 37.3 Å². The molecule has 0 saturated heterocycles. The lowest BCUT2D eigenvalue weighted by atomic mass is 10.1. The number of aliphatic hydroxyl groups excluding tert-OH is 2. The summed E-state index contributed by atoms with van der Waals surface area (Å²) in [5.41, 5.74) is 15.4. The number of hydrogen-bond acceptors (Lipinski definition) is 11. The lowest BCUT2D eigenvalue weighted by Gasteiger charge is -2.25. The zero-order chi connectivity index (χ0) is 26.1. The maximum Gasteiger partial charge on any atom is 0.111 e. The van der Waals surface area contributed by atoms with Crippen LogP contribution in [0.15, 0.2) is 18.2 Å². The average Bonchev–Trinajstić information content (AvgIpc) is 3.14. The van der Waals surface area contributed by atoms with Gasteiger partial charge in [-0.15, -0.1) is 11.3 Å². The molecule has 1 heterocycles. The fourth-order valence-corrected chi connectivity index (χ4v) is 3.73. The summed E-state index contributed by atoms with van der Waals surface area (Å²) < 4.78 is 16.1. The Morgan fingerprint density at radius 1 is 0.886 bits per heavy atom. The predicted molar refractivity (Wildman–Crippen MR) is 137 cm³/mol. The molecule has 1 aromatic heterocycles. The second kappa shape index (κ2) is 17.5. The van der Waals surface area contributed by atoms with Crippen molar-refractivity contribution in [3.8, 4) is 12.1 Å². The third-order valence-electron chi connectivity index (χ3n) is 4.86. The first-order chi connectivity index (χ1) is 16.9. The van der Waals surface area contributed by atoms with E-state index >= 15 is 0 Å². The second-order valence-electron chi connectivity index (χ2n) is 7.33. The fraction of sp³-hybridized carbons (Fsp3) is 0.500. The first kappa shape index (κ1) is 30.1. The molecular formula is C24H35N5O5S. The first-order valence-electron chi connectivity index (χ1n) is 11.1. The van der Waals surface area contributed by atoms with Crippen LogP contribution in [-0.4, -0.2) is 76.2 Å². The highest BCUT2D eigenvalue weighted by Gasteiger charge is 2.11. The minimum Gasteiger partial charge on any atom is -0.399 e. The van der Waals surface area contributed by atoms with E-state index in [-0.39, 0.29) is 13.2 Å². The van der Waals surface area contributed by atoms with Crippen LogP contribution in [0.5, 0.6) is 0 Å². The van der Waals surface area contributed by atoms with E-state index in [9.17, 15) is 0 Å². The molecule has 0 bridgehead atoms. The zero-order valence-corrected chi connectivity index (χ0v) is 21.1. The Hall–Kier alpha value is -2.90. The molecule has 0 amide bonds. The Balaban J connectivity index is 0.000000462. The average molecular weight is 506 g/mol. The van der Waals surface area contributed by atoms with Crippen molar-refractivity contribution in [3.05, 3.63) is 39.8 Å². The standard InChI is InChI=1S/C17H30N2O5.C7H5N3S/c1-15-14-16(2-3-17(15)18)19(4-8-22-10-6-20)5-9-23-12-13-24-11-7-21;1-4-5(2-8)7(10)11-6(4)3-9/h2-3,14,20-21H,4-13,18H2,1H3;10H2,1H3. The predicted octanol–water partition coefficient (Wildman–Crippen LogP) is 1.80. The molecule has 0 atom stereocenters. The quantitative estimate of drug-likeness (QED) is 0.219. The number of aryl methyl sites for hydroxylation is 1. The minimum absolute atomic E-state index is 0.0257. The van der Waals surface area contributed by atoms with Crippen LogP contribution in [0, 0.1) is 36.5 Å². The molecule has 6 N–H and O–H groups in total. The van der Waals surface area contributed by atoms with Crippen molar-refractivity contribution >= 4 is 27.7 Å². The minimum atomic E-state index is 0.0257. The van der Waals surface area contributed by atoms with E-state index in [0.717, 1.165) is 28.3 Å². The van der Waals surface area contributed by atoms with Crippen LogP contribution in [-0.2, 0) is 14.2 Å². The Bertz CT molecular complexity index is 970. The van der Waals surface area contributed by atoms with Gasteiger partial charge in [-0.2, -0.15) is 10.5 Å². The summed E-state index contributed by atoms with van der Waals surface area (Å²) in [6, 6.07) is 9.86. The third-order valence-corrected chi connectivity index (χ3v) is 5.89. The third kappa shape index (κ3) is 10.9. The largest absolute Gasteiger partial charge is 0.399 e. The van der Waals surface area contributed by atoms with Gasteiger partial charge in [-0.25, -0.2) is 0 Å². The summed E-state index contributed by atoms with van der Waals surface area (Å²) in [4.78, 5) is 2.69. The topological polar surface area (TPSA) is 171 Å². The number of ether oxygens (including phenoxy) is 3. The molecule has 0 aliphatic carbocycles. The molecule has 2 rings (SSSR count). The van der Waals surface area contributed by atoms with Gasteiger partial charge in [0.15, 0.2) is 0 Å². The molecule has 11 heteroatoms. The molecule has 0 fully saturated rings. The zero-order valence-electron chi connectivity index (χ0n) is 20.3. The summed E-state index contributed by atoms with van der Waals surface area (Å²) in [5, 5.41) is 35.0. The van der Waals surface area contributed by atoms with Crippen molar-refractivity contribution in [1.29, 1.82) is 10.5 Å². The van der Waals surface area contributed by atoms with Gasteiger partial charge in [0.2, 0.25) is 0 Å². The number of nitrogen functional groups attached to an aromatic ring is 2. The molecule has 0 unspecified atom stereocenters. The van der Waals surface area contributed by atoms with Crippen molar-refractivity contribution in [1.82, 2.24) is 0 Å². The fourth-order valence-electron chi connectivity index (χ4n) is 2.91. The van der Waals surface area contributed by atoms with Crippen molar-refractivity contribution in [2.24, 2.45) is 0 Å². The van der Waals surface area contributed by atoms with Gasteiger partial charge in [0, 0.05) is 24.5 Å². The molecular weight excluding hydrogens is 470 g/mol. The van der Waals surface area contributed by atoms with Crippen LogP contribution in [0.3, 0.4) is 0 Å². The van der Waals surface area contributed by atoms with Gasteiger partial charge in [-0.05, 0) is 43.2 Å². The molecule has 0 spiro atoms. The van der Waals surface area contributed by atoms with E-state index in [0.29, 0.717) is 73.7 Å². The van der Waals surface area contributed by atoms with Crippen molar-refractivity contribution < 1.29 is 24.4 Å². The van der Waals surface area contributed by atoms with Gasteiger partial charge in [-0.1, -0.05) is 0 Å². The maximum atomic E-state index is 8.78. The van der Waals surface area contributed by atoms with Crippen LogP contribution in [0.2, 0.25) is 0 Å². The van der Waals surface area contributed by atoms with Gasteiger partial charge in [0.1, 0.15) is 22.0 Å². The Morgan fingerprint density at radius 3 is 1.91 bits per heavy atom. The molecule has 192 valence electrons. The van der Waals surface area contributed by atoms with Crippen LogP contribution < -0.4 is 16.4 Å². The summed E-state index contributed by atoms with van der Waals surface area (Å²) in [6.07, 6.45) is 0. The maximum absolute atomic E-state index is 8.78. The van der Waals surface area contributed by atoms with E-state index < -0.39 is 0 Å². The molecule has 0 saturated carbocycles. The number of rotatable bonds is 14. The Kier molecular flexibility index (Phi) is 15.1. The van der Waals surface area contributed by atoms with Crippen LogP contribution >= 0.6 is 11.3 Å². The van der Waals surface area contributed by atoms with Crippen LogP contribution in [0.25, 0.3) is 0 Å². The smallest absolute Gasteiger partial charge is 0.111 e. The van der Waals surface area contributed by atoms with Gasteiger partial charge in [-0.3, -0.25) is 0 Å². The number of benzene rings is 1. The molecule has 10 nitrogen and oxygen atoms in total. The highest BCUT2D eigenvalue weighted by molar-refractivity contribution is 7.16. The van der Waals surface area contributed by atoms with Gasteiger partial charge in [0.05, 0.1) is 58.4 Å². The number of nitriles is 2. The molecule has 0 aliphatic heterocycles. The first-order valence-corrected chi connectivity index (χ1v) is 12.0. The summed E-state index contributed by atoms with van der Waals surface area (Å²) in [5.74, 6) is 0. The molecule has 2 aromatic rings. The highest BCUT2D eigenvalue weighted by Crippen LogP contribution is 2.28. The Morgan fingerprint density at radius 2 is 1.46 bits per heavy atom. The van der Waals surface area contributed by atoms with Gasteiger partial charge in [0.25, 0.3) is 0 Å². The molecule has 35 heavy (non-hydrogen) atoms. The van der Waals surface area contributed by atoms with Gasteiger partial charge >= 0.3 is 0 Å². The monoisotopic (exact) mass is 505 g/mol. The lowest BCUT2D eigenvalue weighted by Crippen LogP contribution is -2.31. The molecule has 0 radical (unpaired) electrons. The lowest BCUT2D eigenvalue weighted by molar-refractivity contribution is 0.0347. The molecule has 0 aliphatic rings. The van der Waals surface area contributed by atoms with Gasteiger partial charge < -0.3 is 40.8 Å². The van der Waals surface area contributed by atoms with E-state index in [4.69, 9.17) is 46.4 Å². The number of aliphatic hydroxyl groups is 2. The van der Waals surface area contributed by atoms with E-state index in [1.54, 1.807) is 6.92 Å². The number of anilines is 3. The summed E-state index contributed by atoms with van der Waals surface area (Å²) in [7, 11) is 0. The van der Waals surface area contributed by atoms with Crippen molar-refractivity contribution in [2.45, 2.75) is 13.8 Å². The van der Waals surface area contributed by atoms with E-state index in [2.05, 4.69) is 4.90 Å². The highest BCUT2D eigenvalue weighted by atomic mass is 32.1. The van der Waals surface area contributed by atoms with Crippen LogP contribution in [0.1, 0.15) is 21.6 Å². The molecule has 1 aromatic carbocycles. The van der Waals surface area contributed by atoms with Crippen molar-refractivity contribution in [2.75, 3.05) is 82.3 Å². The number of nitrogens with two attached hydrogens (primary N) is 2. The summed E-state index contributed by atoms with van der Waals surface area (Å²) in [6.45, 7) is 7.91.